The van der Waals surface area contributed by atoms with Crippen LogP contribution in [0.5, 0.6) is 0 Å². The topological polar surface area (TPSA) is 72.9 Å². The number of hydrogen-bond donors (Lipinski definition) is 0. The summed E-state index contributed by atoms with van der Waals surface area (Å²) in [4.78, 5) is 35.0. The van der Waals surface area contributed by atoms with Crippen LogP contribution in [0.3, 0.4) is 0 Å². The molecule has 1 heterocycles. The van der Waals surface area contributed by atoms with Gasteiger partial charge in [0.25, 0.3) is 11.8 Å². The molecular weight excluding hydrogens is 262 g/mol. The third-order valence-electron chi connectivity index (χ3n) is 2.64. The summed E-state index contributed by atoms with van der Waals surface area (Å²) >= 11 is 0. The zero-order chi connectivity index (χ0) is 15.2. The molecule has 1 rings (SSSR count). The van der Waals surface area contributed by atoms with Gasteiger partial charge in [0.2, 0.25) is 0 Å². The van der Waals surface area contributed by atoms with Crippen LogP contribution in [0.1, 0.15) is 27.2 Å². The maximum atomic E-state index is 11.4. The van der Waals surface area contributed by atoms with Crippen LogP contribution < -0.4 is 0 Å². The first kappa shape index (κ1) is 16.4. The molecule has 0 fully saturated rings. The predicted octanol–water partition coefficient (Wildman–Crippen LogP) is 0.907. The minimum Gasteiger partial charge on any atom is -0.465 e. The second kappa shape index (κ2) is 7.19. The van der Waals surface area contributed by atoms with Crippen molar-refractivity contribution >= 4 is 17.8 Å². The number of esters is 1. The normalized spacial score (nSPS) is 15.1. The minimum absolute atomic E-state index is 0.239. The monoisotopic (exact) mass is 283 g/mol. The molecule has 0 aromatic rings. The van der Waals surface area contributed by atoms with E-state index in [0.29, 0.717) is 19.6 Å². The van der Waals surface area contributed by atoms with E-state index in [0.717, 1.165) is 4.90 Å². The molecule has 0 spiro atoms. The van der Waals surface area contributed by atoms with Crippen molar-refractivity contribution in [3.8, 4) is 0 Å². The lowest BCUT2D eigenvalue weighted by atomic mass is 9.97. The van der Waals surface area contributed by atoms with E-state index in [-0.39, 0.29) is 30.9 Å². The number of hydrogen-bond acceptors (Lipinski definition) is 5. The number of nitrogens with zero attached hydrogens (tertiary/aromatic N) is 1. The van der Waals surface area contributed by atoms with Crippen LogP contribution in [0, 0.1) is 5.41 Å². The van der Waals surface area contributed by atoms with Gasteiger partial charge in [0, 0.05) is 25.2 Å². The van der Waals surface area contributed by atoms with E-state index >= 15 is 0 Å². The second-order valence-corrected chi connectivity index (χ2v) is 5.51. The first-order valence-corrected chi connectivity index (χ1v) is 6.61. The van der Waals surface area contributed by atoms with Crippen molar-refractivity contribution in [3.63, 3.8) is 0 Å². The van der Waals surface area contributed by atoms with Crippen molar-refractivity contribution in [1.82, 2.24) is 4.90 Å². The number of carbonyl (C=O) groups is 3. The standard InChI is InChI=1S/C14H21NO5/c1-14(2,3)13(18)20-9-4-8-19-10-7-15-11(16)5-6-12(15)17/h5-6H,4,7-10H2,1-3H3. The maximum Gasteiger partial charge on any atom is 0.311 e. The van der Waals surface area contributed by atoms with Crippen molar-refractivity contribution in [2.24, 2.45) is 5.41 Å². The molecule has 20 heavy (non-hydrogen) atoms. The molecule has 6 heteroatoms. The third-order valence-corrected chi connectivity index (χ3v) is 2.64. The second-order valence-electron chi connectivity index (χ2n) is 5.51. The van der Waals surface area contributed by atoms with E-state index in [1.54, 1.807) is 20.8 Å². The molecule has 6 nitrogen and oxygen atoms in total. The highest BCUT2D eigenvalue weighted by atomic mass is 16.5. The molecule has 0 N–H and O–H groups in total. The summed E-state index contributed by atoms with van der Waals surface area (Å²) in [5, 5.41) is 0. The summed E-state index contributed by atoms with van der Waals surface area (Å²) in [7, 11) is 0. The average Bonchev–Trinajstić information content (AvgIpc) is 2.67. The largest absolute Gasteiger partial charge is 0.465 e. The predicted molar refractivity (Wildman–Crippen MR) is 71.7 cm³/mol. The van der Waals surface area contributed by atoms with Crippen LogP contribution >= 0.6 is 0 Å². The molecule has 0 unspecified atom stereocenters. The van der Waals surface area contributed by atoms with E-state index in [9.17, 15) is 14.4 Å². The molecule has 1 aliphatic rings. The van der Waals surface area contributed by atoms with Crippen molar-refractivity contribution in [3.05, 3.63) is 12.2 Å². The maximum absolute atomic E-state index is 11.4. The van der Waals surface area contributed by atoms with Gasteiger partial charge in [0.15, 0.2) is 0 Å². The average molecular weight is 283 g/mol. The Kier molecular flexibility index (Phi) is 5.88. The van der Waals surface area contributed by atoms with Gasteiger partial charge in [-0.2, -0.15) is 0 Å². The van der Waals surface area contributed by atoms with Gasteiger partial charge < -0.3 is 9.47 Å². The Hall–Kier alpha value is -1.69. The fraction of sp³-hybridized carbons (Fsp3) is 0.643. The van der Waals surface area contributed by atoms with Crippen molar-refractivity contribution in [1.29, 1.82) is 0 Å². The summed E-state index contributed by atoms with van der Waals surface area (Å²) in [6.45, 7) is 6.64. The molecule has 0 saturated carbocycles. The van der Waals surface area contributed by atoms with Gasteiger partial charge in [-0.1, -0.05) is 0 Å². The zero-order valence-electron chi connectivity index (χ0n) is 12.2. The number of imide groups is 1. The van der Waals surface area contributed by atoms with Crippen LogP contribution in [-0.2, 0) is 23.9 Å². The summed E-state index contributed by atoms with van der Waals surface area (Å²) < 4.78 is 10.4. The molecule has 2 amide bonds. The Morgan fingerprint density at radius 2 is 1.70 bits per heavy atom. The highest BCUT2D eigenvalue weighted by Crippen LogP contribution is 2.14. The molecule has 1 aliphatic heterocycles. The van der Waals surface area contributed by atoms with Gasteiger partial charge in [-0.3, -0.25) is 19.3 Å². The van der Waals surface area contributed by atoms with E-state index in [2.05, 4.69) is 0 Å². The summed E-state index contributed by atoms with van der Waals surface area (Å²) in [5.74, 6) is -0.854. The molecule has 0 saturated heterocycles. The lowest BCUT2D eigenvalue weighted by Crippen LogP contribution is -2.33. The molecule has 0 aromatic carbocycles. The number of rotatable bonds is 7. The summed E-state index contributed by atoms with van der Waals surface area (Å²) in [6.07, 6.45) is 3.07. The Balaban J connectivity index is 2.02. The molecule has 0 aliphatic carbocycles. The van der Waals surface area contributed by atoms with Crippen LogP contribution in [0.25, 0.3) is 0 Å². The van der Waals surface area contributed by atoms with Crippen molar-refractivity contribution in [2.75, 3.05) is 26.4 Å². The van der Waals surface area contributed by atoms with Gasteiger partial charge in [-0.15, -0.1) is 0 Å². The number of ether oxygens (including phenoxy) is 2. The molecular formula is C14H21NO5. The number of amides is 2. The fourth-order valence-electron chi connectivity index (χ4n) is 1.45. The van der Waals surface area contributed by atoms with Gasteiger partial charge in [-0.05, 0) is 20.8 Å². The first-order chi connectivity index (χ1) is 9.32. The van der Waals surface area contributed by atoms with Crippen LogP contribution in [0.15, 0.2) is 12.2 Å². The molecule has 0 aromatic heterocycles. The van der Waals surface area contributed by atoms with E-state index in [4.69, 9.17) is 9.47 Å². The van der Waals surface area contributed by atoms with E-state index in [1.807, 2.05) is 0 Å². The Labute approximate surface area is 118 Å². The summed E-state index contributed by atoms with van der Waals surface area (Å²) in [5.41, 5.74) is -0.496. The minimum atomic E-state index is -0.496. The lowest BCUT2D eigenvalue weighted by Gasteiger charge is -2.16. The van der Waals surface area contributed by atoms with Crippen LogP contribution in [0.4, 0.5) is 0 Å². The fourth-order valence-corrected chi connectivity index (χ4v) is 1.45. The zero-order valence-corrected chi connectivity index (χ0v) is 12.2. The van der Waals surface area contributed by atoms with Gasteiger partial charge in [-0.25, -0.2) is 0 Å². The smallest absolute Gasteiger partial charge is 0.311 e. The van der Waals surface area contributed by atoms with Gasteiger partial charge in [0.1, 0.15) is 0 Å². The molecule has 0 bridgehead atoms. The quantitative estimate of drug-likeness (QED) is 0.394. The highest BCUT2D eigenvalue weighted by Gasteiger charge is 2.23. The SMILES string of the molecule is CC(C)(C)C(=O)OCCCOCCN1C(=O)C=CC1=O. The van der Waals surface area contributed by atoms with Gasteiger partial charge in [0.05, 0.1) is 25.2 Å². The van der Waals surface area contributed by atoms with Gasteiger partial charge >= 0.3 is 5.97 Å². The van der Waals surface area contributed by atoms with Crippen LogP contribution in [0.2, 0.25) is 0 Å². The molecule has 112 valence electrons. The highest BCUT2D eigenvalue weighted by molar-refractivity contribution is 6.12. The Morgan fingerprint density at radius 3 is 2.25 bits per heavy atom. The third kappa shape index (κ3) is 5.13. The summed E-state index contributed by atoms with van der Waals surface area (Å²) in [6, 6.07) is 0. The first-order valence-electron chi connectivity index (χ1n) is 6.61. The lowest BCUT2D eigenvalue weighted by molar-refractivity contribution is -0.153. The van der Waals surface area contributed by atoms with Crippen molar-refractivity contribution < 1.29 is 23.9 Å². The Bertz CT molecular complexity index is 390. The number of carbonyl (C=O) groups excluding carboxylic acids is 3. The molecule has 0 radical (unpaired) electrons. The van der Waals surface area contributed by atoms with Crippen LogP contribution in [-0.4, -0.2) is 49.0 Å². The molecule has 0 atom stereocenters. The van der Waals surface area contributed by atoms with E-state index in [1.165, 1.54) is 12.2 Å². The Morgan fingerprint density at radius 1 is 1.10 bits per heavy atom. The van der Waals surface area contributed by atoms with Crippen molar-refractivity contribution in [2.45, 2.75) is 27.2 Å². The van der Waals surface area contributed by atoms with E-state index < -0.39 is 5.41 Å².